The van der Waals surface area contributed by atoms with Crippen LogP contribution in [0.4, 0.5) is 0 Å². The summed E-state index contributed by atoms with van der Waals surface area (Å²) < 4.78 is 7.43. The Labute approximate surface area is 187 Å². The average molecular weight is 436 g/mol. The lowest BCUT2D eigenvalue weighted by atomic mass is 10.1. The fourth-order valence-electron chi connectivity index (χ4n) is 3.88. The number of halogens is 1. The Morgan fingerprint density at radius 2 is 1.94 bits per heavy atom. The van der Waals surface area contributed by atoms with Crippen LogP contribution < -0.4 is 5.32 Å². The topological polar surface area (TPSA) is 60.1 Å². The van der Waals surface area contributed by atoms with Gasteiger partial charge in [-0.05, 0) is 67.3 Å². The van der Waals surface area contributed by atoms with E-state index in [1.165, 1.54) is 11.1 Å². The monoisotopic (exact) mass is 435 g/mol. The Hall–Kier alpha value is -3.05. The van der Waals surface area contributed by atoms with Crippen molar-refractivity contribution in [2.45, 2.75) is 46.2 Å². The van der Waals surface area contributed by atoms with E-state index in [9.17, 15) is 4.79 Å². The number of fused-ring (bicyclic) bond motifs is 1. The van der Waals surface area contributed by atoms with Crippen molar-refractivity contribution < 1.29 is 9.21 Å². The van der Waals surface area contributed by atoms with Crippen LogP contribution in [0.2, 0.25) is 5.02 Å². The molecule has 4 rings (SSSR count). The van der Waals surface area contributed by atoms with E-state index in [0.717, 1.165) is 28.2 Å². The maximum atomic E-state index is 13.2. The van der Waals surface area contributed by atoms with Crippen LogP contribution >= 0.6 is 11.6 Å². The molecule has 0 fully saturated rings. The molecule has 0 saturated carbocycles. The van der Waals surface area contributed by atoms with Gasteiger partial charge in [-0.15, -0.1) is 0 Å². The van der Waals surface area contributed by atoms with Crippen LogP contribution in [0.25, 0.3) is 11.0 Å². The second kappa shape index (κ2) is 8.98. The number of benzene rings is 2. The molecular formula is C25H26ClN3O2. The van der Waals surface area contributed by atoms with Gasteiger partial charge in [0.15, 0.2) is 0 Å². The number of amides is 1. The summed E-state index contributed by atoms with van der Waals surface area (Å²) in [4.78, 5) is 18.1. The molecule has 1 atom stereocenters. The highest BCUT2D eigenvalue weighted by Crippen LogP contribution is 2.29. The molecular weight excluding hydrogens is 410 g/mol. The minimum atomic E-state index is -0.389. The van der Waals surface area contributed by atoms with E-state index in [0.29, 0.717) is 24.4 Å². The smallest absolute Gasteiger partial charge is 0.243 e. The standard InChI is InChI=1S/C25H26ClN3O2/c1-4-22(25(30)27-15-19-9-7-11-31-19)29-23-13-17(3)16(2)12-21(23)28-24(29)14-18-8-5-6-10-20(18)26/h5-13,22H,4,14-15H2,1-3H3,(H,27,30)/t22-/m0/s1. The van der Waals surface area contributed by atoms with E-state index in [4.69, 9.17) is 21.0 Å². The number of carbonyl (C=O) groups is 1. The summed E-state index contributed by atoms with van der Waals surface area (Å²) in [5, 5.41) is 3.71. The van der Waals surface area contributed by atoms with Crippen LogP contribution in [0.5, 0.6) is 0 Å². The third-order valence-electron chi connectivity index (χ3n) is 5.70. The van der Waals surface area contributed by atoms with Gasteiger partial charge in [0, 0.05) is 11.4 Å². The van der Waals surface area contributed by atoms with Gasteiger partial charge in [0.2, 0.25) is 5.91 Å². The Kier molecular flexibility index (Phi) is 6.14. The first kappa shape index (κ1) is 21.2. The second-order valence-electron chi connectivity index (χ2n) is 7.81. The number of hydrogen-bond donors (Lipinski definition) is 1. The van der Waals surface area contributed by atoms with Gasteiger partial charge in [-0.3, -0.25) is 4.79 Å². The molecule has 0 spiro atoms. The van der Waals surface area contributed by atoms with Gasteiger partial charge in [0.1, 0.15) is 17.6 Å². The normalized spacial score (nSPS) is 12.3. The first-order valence-corrected chi connectivity index (χ1v) is 10.9. The number of aryl methyl sites for hydroxylation is 2. The Bertz CT molecular complexity index is 1210. The van der Waals surface area contributed by atoms with Gasteiger partial charge in [0.05, 0.1) is 23.8 Å². The first-order chi connectivity index (χ1) is 15.0. The van der Waals surface area contributed by atoms with E-state index in [1.54, 1.807) is 6.26 Å². The molecule has 0 aliphatic heterocycles. The number of nitrogens with one attached hydrogen (secondary N) is 1. The molecule has 2 heterocycles. The predicted molar refractivity (Wildman–Crippen MR) is 123 cm³/mol. The van der Waals surface area contributed by atoms with E-state index in [-0.39, 0.29) is 11.9 Å². The highest BCUT2D eigenvalue weighted by atomic mass is 35.5. The largest absolute Gasteiger partial charge is 0.467 e. The highest BCUT2D eigenvalue weighted by molar-refractivity contribution is 6.31. The molecule has 0 unspecified atom stereocenters. The van der Waals surface area contributed by atoms with Crippen molar-refractivity contribution in [3.05, 3.63) is 88.1 Å². The number of rotatable bonds is 7. The fourth-order valence-corrected chi connectivity index (χ4v) is 4.08. The number of aromatic nitrogens is 2. The van der Waals surface area contributed by atoms with Crippen molar-refractivity contribution in [2.24, 2.45) is 0 Å². The molecule has 4 aromatic rings. The Morgan fingerprint density at radius 1 is 1.16 bits per heavy atom. The van der Waals surface area contributed by atoms with Gasteiger partial charge >= 0.3 is 0 Å². The first-order valence-electron chi connectivity index (χ1n) is 10.5. The number of imidazole rings is 1. The maximum absolute atomic E-state index is 13.2. The van der Waals surface area contributed by atoms with Crippen LogP contribution in [0, 0.1) is 13.8 Å². The quantitative estimate of drug-likeness (QED) is 0.401. The van der Waals surface area contributed by atoms with Crippen molar-refractivity contribution in [1.82, 2.24) is 14.9 Å². The molecule has 6 heteroatoms. The van der Waals surface area contributed by atoms with Crippen LogP contribution in [-0.4, -0.2) is 15.5 Å². The SMILES string of the molecule is CC[C@@H](C(=O)NCc1ccco1)n1c(Cc2ccccc2Cl)nc2cc(C)c(C)cc21. The van der Waals surface area contributed by atoms with Crippen molar-refractivity contribution in [3.8, 4) is 0 Å². The maximum Gasteiger partial charge on any atom is 0.243 e. The summed E-state index contributed by atoms with van der Waals surface area (Å²) in [6, 6.07) is 15.2. The third-order valence-corrected chi connectivity index (χ3v) is 6.07. The minimum Gasteiger partial charge on any atom is -0.467 e. The van der Waals surface area contributed by atoms with Gasteiger partial charge in [-0.25, -0.2) is 4.98 Å². The lowest BCUT2D eigenvalue weighted by Gasteiger charge is -2.20. The molecule has 0 aliphatic rings. The van der Waals surface area contributed by atoms with Crippen LogP contribution in [0.1, 0.15) is 47.7 Å². The lowest BCUT2D eigenvalue weighted by molar-refractivity contribution is -0.124. The van der Waals surface area contributed by atoms with Crippen molar-refractivity contribution in [1.29, 1.82) is 0 Å². The molecule has 1 N–H and O–H groups in total. The van der Waals surface area contributed by atoms with Crippen LogP contribution in [0.15, 0.2) is 59.2 Å². The number of nitrogens with zero attached hydrogens (tertiary/aromatic N) is 2. The van der Waals surface area contributed by atoms with E-state index >= 15 is 0 Å². The zero-order valence-corrected chi connectivity index (χ0v) is 18.7. The molecule has 0 saturated heterocycles. The third kappa shape index (κ3) is 4.37. The molecule has 31 heavy (non-hydrogen) atoms. The highest BCUT2D eigenvalue weighted by Gasteiger charge is 2.25. The molecule has 2 aromatic heterocycles. The van der Waals surface area contributed by atoms with E-state index in [2.05, 4.69) is 35.9 Å². The number of carbonyl (C=O) groups excluding carboxylic acids is 1. The van der Waals surface area contributed by atoms with Crippen LogP contribution in [0.3, 0.4) is 0 Å². The molecule has 5 nitrogen and oxygen atoms in total. The lowest BCUT2D eigenvalue weighted by Crippen LogP contribution is -2.32. The molecule has 0 bridgehead atoms. The zero-order chi connectivity index (χ0) is 22.0. The molecule has 2 aromatic carbocycles. The van der Waals surface area contributed by atoms with Gasteiger partial charge in [-0.1, -0.05) is 36.7 Å². The second-order valence-corrected chi connectivity index (χ2v) is 8.22. The Balaban J connectivity index is 1.76. The summed E-state index contributed by atoms with van der Waals surface area (Å²) in [5.41, 5.74) is 5.19. The van der Waals surface area contributed by atoms with Crippen molar-refractivity contribution >= 4 is 28.5 Å². The molecule has 0 radical (unpaired) electrons. The number of hydrogen-bond acceptors (Lipinski definition) is 3. The van der Waals surface area contributed by atoms with Crippen molar-refractivity contribution in [2.75, 3.05) is 0 Å². The van der Waals surface area contributed by atoms with Crippen molar-refractivity contribution in [3.63, 3.8) is 0 Å². The van der Waals surface area contributed by atoms with E-state index in [1.807, 2.05) is 43.3 Å². The minimum absolute atomic E-state index is 0.0585. The summed E-state index contributed by atoms with van der Waals surface area (Å²) in [5.74, 6) is 1.49. The van der Waals surface area contributed by atoms with Crippen LogP contribution in [-0.2, 0) is 17.8 Å². The average Bonchev–Trinajstić information content (AvgIpc) is 3.38. The zero-order valence-electron chi connectivity index (χ0n) is 18.0. The fraction of sp³-hybridized carbons (Fsp3) is 0.280. The molecule has 0 aliphatic carbocycles. The molecule has 1 amide bonds. The van der Waals surface area contributed by atoms with E-state index < -0.39 is 0 Å². The number of furan rings is 1. The molecule has 160 valence electrons. The Morgan fingerprint density at radius 3 is 2.65 bits per heavy atom. The van der Waals surface area contributed by atoms with Gasteiger partial charge < -0.3 is 14.3 Å². The summed E-state index contributed by atoms with van der Waals surface area (Å²) in [7, 11) is 0. The summed E-state index contributed by atoms with van der Waals surface area (Å²) >= 11 is 6.43. The summed E-state index contributed by atoms with van der Waals surface area (Å²) in [6.45, 7) is 6.53. The summed E-state index contributed by atoms with van der Waals surface area (Å²) in [6.07, 6.45) is 2.79. The predicted octanol–water partition coefficient (Wildman–Crippen LogP) is 5.76. The van der Waals surface area contributed by atoms with Gasteiger partial charge in [0.25, 0.3) is 0 Å². The van der Waals surface area contributed by atoms with Gasteiger partial charge in [-0.2, -0.15) is 0 Å².